The molecule has 3 aromatic carbocycles. The third-order valence-corrected chi connectivity index (χ3v) is 8.85. The van der Waals surface area contributed by atoms with Gasteiger partial charge in [0.25, 0.3) is 5.91 Å². The number of carbonyl (C=O) groups is 3. The first-order valence-electron chi connectivity index (χ1n) is 15.1. The summed E-state index contributed by atoms with van der Waals surface area (Å²) in [7, 11) is -3.72. The smallest absolute Gasteiger partial charge is 0.251 e. The second-order valence-corrected chi connectivity index (χ2v) is 12.7. The van der Waals surface area contributed by atoms with Crippen LogP contribution in [0.5, 0.6) is 0 Å². The molecule has 10 nitrogen and oxygen atoms in total. The summed E-state index contributed by atoms with van der Waals surface area (Å²) in [6.45, 7) is 2.10. The molecule has 1 aliphatic heterocycles. The molecule has 238 valence electrons. The fraction of sp³-hybridized carbons (Fsp3) is 0.324. The van der Waals surface area contributed by atoms with Crippen LogP contribution in [0, 0.1) is 0 Å². The number of nitrogens with one attached hydrogen (secondary N) is 3. The molecule has 2 amide bonds. The number of morpholine rings is 1. The summed E-state index contributed by atoms with van der Waals surface area (Å²) in [6, 6.07) is 22.4. The number of nitrogens with two attached hydrogens (primary N) is 1. The SMILES string of the molecule is N[C@@H](Cc1ccc(C(=O)C2CNCCO2)cc1)C(=O)N[C@H](C=CS(=O)(=O)c1ccccc1)CCCCNC(=O)c1ccccc1. The van der Waals surface area contributed by atoms with Gasteiger partial charge in [0, 0.05) is 42.2 Å². The van der Waals surface area contributed by atoms with Gasteiger partial charge in [-0.05, 0) is 55.5 Å². The predicted molar refractivity (Wildman–Crippen MR) is 172 cm³/mol. The van der Waals surface area contributed by atoms with Gasteiger partial charge in [0.15, 0.2) is 15.6 Å². The van der Waals surface area contributed by atoms with Gasteiger partial charge in [-0.2, -0.15) is 0 Å². The second-order valence-electron chi connectivity index (χ2n) is 10.9. The van der Waals surface area contributed by atoms with E-state index in [-0.39, 0.29) is 23.0 Å². The van der Waals surface area contributed by atoms with Crippen LogP contribution < -0.4 is 21.7 Å². The highest BCUT2D eigenvalue weighted by atomic mass is 32.2. The Morgan fingerprint density at radius 2 is 1.62 bits per heavy atom. The zero-order valence-corrected chi connectivity index (χ0v) is 25.9. The molecule has 1 unspecified atom stereocenters. The number of hydrogen-bond acceptors (Lipinski definition) is 8. The van der Waals surface area contributed by atoms with E-state index in [1.165, 1.54) is 18.2 Å². The third kappa shape index (κ3) is 10.5. The lowest BCUT2D eigenvalue weighted by molar-refractivity contribution is -0.122. The maximum absolute atomic E-state index is 13.1. The predicted octanol–water partition coefficient (Wildman–Crippen LogP) is 2.80. The summed E-state index contributed by atoms with van der Waals surface area (Å²) in [6.07, 6.45) is 2.86. The fourth-order valence-corrected chi connectivity index (χ4v) is 5.94. The number of unbranched alkanes of at least 4 members (excludes halogenated alkanes) is 1. The summed E-state index contributed by atoms with van der Waals surface area (Å²) in [4.78, 5) is 38.3. The Labute approximate surface area is 264 Å². The average Bonchev–Trinajstić information content (AvgIpc) is 3.08. The molecule has 1 aliphatic rings. The van der Waals surface area contributed by atoms with Crippen LogP contribution in [0.4, 0.5) is 0 Å². The van der Waals surface area contributed by atoms with Gasteiger partial charge < -0.3 is 26.4 Å². The van der Waals surface area contributed by atoms with E-state index in [0.29, 0.717) is 50.1 Å². The van der Waals surface area contributed by atoms with Gasteiger partial charge in [0.2, 0.25) is 5.91 Å². The number of benzene rings is 3. The van der Waals surface area contributed by atoms with Crippen molar-refractivity contribution in [1.29, 1.82) is 0 Å². The van der Waals surface area contributed by atoms with Crippen molar-refractivity contribution in [1.82, 2.24) is 16.0 Å². The molecule has 1 heterocycles. The average molecular weight is 633 g/mol. The zero-order valence-electron chi connectivity index (χ0n) is 25.1. The molecule has 1 fully saturated rings. The molecule has 3 atom stereocenters. The minimum atomic E-state index is -3.72. The van der Waals surface area contributed by atoms with Crippen molar-refractivity contribution in [2.75, 3.05) is 26.2 Å². The summed E-state index contributed by atoms with van der Waals surface area (Å²) in [5.41, 5.74) is 8.13. The highest BCUT2D eigenvalue weighted by Crippen LogP contribution is 2.14. The van der Waals surface area contributed by atoms with Gasteiger partial charge in [0.05, 0.1) is 17.5 Å². The maximum atomic E-state index is 13.1. The van der Waals surface area contributed by atoms with E-state index in [1.54, 1.807) is 66.7 Å². The zero-order chi connectivity index (χ0) is 32.1. The highest BCUT2D eigenvalue weighted by molar-refractivity contribution is 7.94. The topological polar surface area (TPSA) is 157 Å². The summed E-state index contributed by atoms with van der Waals surface area (Å²) >= 11 is 0. The van der Waals surface area contributed by atoms with E-state index in [0.717, 1.165) is 17.5 Å². The monoisotopic (exact) mass is 632 g/mol. The lowest BCUT2D eigenvalue weighted by Crippen LogP contribution is -2.46. The van der Waals surface area contributed by atoms with E-state index in [2.05, 4.69) is 16.0 Å². The van der Waals surface area contributed by atoms with E-state index in [4.69, 9.17) is 10.5 Å². The first-order chi connectivity index (χ1) is 21.7. The largest absolute Gasteiger partial charge is 0.367 e. The number of carbonyl (C=O) groups excluding carboxylic acids is 3. The summed E-state index contributed by atoms with van der Waals surface area (Å²) < 4.78 is 31.3. The maximum Gasteiger partial charge on any atom is 0.251 e. The van der Waals surface area contributed by atoms with Crippen LogP contribution in [0.1, 0.15) is 45.5 Å². The minimum absolute atomic E-state index is 0.101. The molecule has 45 heavy (non-hydrogen) atoms. The van der Waals surface area contributed by atoms with Gasteiger partial charge in [0.1, 0.15) is 6.10 Å². The van der Waals surface area contributed by atoms with Gasteiger partial charge >= 0.3 is 0 Å². The standard InChI is InChI=1S/C34H40N4O6S/c35-30(23-25-14-16-26(17-15-25)32(39)31-24-36-20-21-44-31)34(41)38-28(18-22-45(42,43)29-12-5-2-6-13-29)11-7-8-19-37-33(40)27-9-3-1-4-10-27/h1-6,9-10,12-18,22,28,30-31,36H,7-8,11,19-21,23-24,35H2,(H,37,40)(H,38,41)/t28-,30-,31?/m0/s1. The van der Waals surface area contributed by atoms with E-state index in [9.17, 15) is 22.8 Å². The van der Waals surface area contributed by atoms with Crippen molar-refractivity contribution < 1.29 is 27.5 Å². The van der Waals surface area contributed by atoms with Crippen molar-refractivity contribution in [3.05, 3.63) is 113 Å². The quantitative estimate of drug-likeness (QED) is 0.147. The van der Waals surface area contributed by atoms with E-state index >= 15 is 0 Å². The molecule has 0 aliphatic carbocycles. The number of sulfone groups is 1. The molecule has 0 spiro atoms. The molecule has 3 aromatic rings. The van der Waals surface area contributed by atoms with Gasteiger partial charge in [-0.3, -0.25) is 14.4 Å². The van der Waals surface area contributed by atoms with Crippen LogP contribution in [-0.4, -0.2) is 70.4 Å². The third-order valence-electron chi connectivity index (χ3n) is 7.40. The molecular weight excluding hydrogens is 592 g/mol. The lowest BCUT2D eigenvalue weighted by Gasteiger charge is -2.22. The summed E-state index contributed by atoms with van der Waals surface area (Å²) in [5.74, 6) is -0.700. The molecule has 0 radical (unpaired) electrons. The van der Waals surface area contributed by atoms with Crippen LogP contribution in [0.15, 0.2) is 101 Å². The van der Waals surface area contributed by atoms with Crippen molar-refractivity contribution >= 4 is 27.4 Å². The fourth-order valence-electron chi connectivity index (χ4n) is 4.85. The van der Waals surface area contributed by atoms with Gasteiger partial charge in [-0.1, -0.05) is 66.7 Å². The Balaban J connectivity index is 1.34. The first kappa shape index (κ1) is 33.7. The molecule has 0 bridgehead atoms. The highest BCUT2D eigenvalue weighted by Gasteiger charge is 2.23. The molecule has 4 rings (SSSR count). The van der Waals surface area contributed by atoms with Crippen LogP contribution in [0.25, 0.3) is 0 Å². The molecule has 1 saturated heterocycles. The Morgan fingerprint density at radius 3 is 2.29 bits per heavy atom. The van der Waals surface area contributed by atoms with Crippen LogP contribution in [-0.2, 0) is 25.8 Å². The van der Waals surface area contributed by atoms with E-state index in [1.807, 2.05) is 6.07 Å². The van der Waals surface area contributed by atoms with Crippen molar-refractivity contribution in [2.45, 2.75) is 48.8 Å². The van der Waals surface area contributed by atoms with Crippen LogP contribution in [0.3, 0.4) is 0 Å². The molecule has 5 N–H and O–H groups in total. The number of rotatable bonds is 15. The Hall–Kier alpha value is -4.16. The van der Waals surface area contributed by atoms with Gasteiger partial charge in [-0.25, -0.2) is 8.42 Å². The van der Waals surface area contributed by atoms with E-state index < -0.39 is 33.9 Å². The first-order valence-corrected chi connectivity index (χ1v) is 16.6. The Morgan fingerprint density at radius 1 is 0.933 bits per heavy atom. The molecule has 0 aromatic heterocycles. The minimum Gasteiger partial charge on any atom is -0.367 e. The molecular formula is C34H40N4O6S. The summed E-state index contributed by atoms with van der Waals surface area (Å²) in [5, 5.41) is 10.0. The molecule has 11 heteroatoms. The number of ketones is 1. The Kier molecular flexibility index (Phi) is 12.6. The number of ether oxygens (including phenoxy) is 1. The van der Waals surface area contributed by atoms with Crippen molar-refractivity contribution in [3.63, 3.8) is 0 Å². The second kappa shape index (κ2) is 16.8. The Bertz CT molecular complexity index is 1540. The molecule has 0 saturated carbocycles. The van der Waals surface area contributed by atoms with Crippen molar-refractivity contribution in [2.24, 2.45) is 5.73 Å². The van der Waals surface area contributed by atoms with Crippen LogP contribution in [0.2, 0.25) is 0 Å². The number of Topliss-reactive ketones (excluding diaryl/α,β-unsaturated/α-hetero) is 1. The lowest BCUT2D eigenvalue weighted by atomic mass is 10.00. The normalized spacial score (nSPS) is 16.5. The van der Waals surface area contributed by atoms with Crippen molar-refractivity contribution in [3.8, 4) is 0 Å². The van der Waals surface area contributed by atoms with Gasteiger partial charge in [-0.15, -0.1) is 0 Å². The number of amides is 2. The van der Waals surface area contributed by atoms with Crippen LogP contribution >= 0.6 is 0 Å². The number of hydrogen-bond donors (Lipinski definition) is 4.